The molecule has 1 saturated heterocycles. The van der Waals surface area contributed by atoms with E-state index in [9.17, 15) is 33.4 Å². The molecule has 1 aromatic heterocycles. The molecule has 38 heavy (non-hydrogen) atoms. The number of imide groups is 1. The topological polar surface area (TPSA) is 152 Å². The number of furan rings is 1. The van der Waals surface area contributed by atoms with Crippen molar-refractivity contribution >= 4 is 39.0 Å². The Morgan fingerprint density at radius 3 is 2.39 bits per heavy atom. The molecular formula is C27H19N3O7S. The van der Waals surface area contributed by atoms with Gasteiger partial charge >= 0.3 is 0 Å². The van der Waals surface area contributed by atoms with Crippen molar-refractivity contribution in [3.63, 3.8) is 0 Å². The fraction of sp³-hybridized carbons (Fsp3) is 0.148. The predicted molar refractivity (Wildman–Crippen MR) is 137 cm³/mol. The average Bonchev–Trinajstić information content (AvgIpc) is 3.52. The van der Waals surface area contributed by atoms with Gasteiger partial charge in [-0.2, -0.15) is 5.26 Å². The second kappa shape index (κ2) is 9.57. The van der Waals surface area contributed by atoms with E-state index in [-0.39, 0.29) is 57.4 Å². The summed E-state index contributed by atoms with van der Waals surface area (Å²) < 4.78 is 30.1. The minimum Gasteiger partial charge on any atom is -0.456 e. The Kier molecular flexibility index (Phi) is 6.26. The number of amides is 2. The van der Waals surface area contributed by atoms with Crippen molar-refractivity contribution < 1.29 is 27.3 Å². The van der Waals surface area contributed by atoms with Crippen LogP contribution in [0.15, 0.2) is 82.3 Å². The molecule has 0 spiro atoms. The second-order valence-electron chi connectivity index (χ2n) is 8.80. The van der Waals surface area contributed by atoms with Crippen LogP contribution in [0, 0.1) is 21.4 Å². The maximum absolute atomic E-state index is 13.8. The molecule has 0 unspecified atom stereocenters. The summed E-state index contributed by atoms with van der Waals surface area (Å²) in [5.41, 5.74) is 0.300. The highest BCUT2D eigenvalue weighted by molar-refractivity contribution is 7.91. The number of nitriles is 1. The predicted octanol–water partition coefficient (Wildman–Crippen LogP) is 3.77. The Morgan fingerprint density at radius 2 is 1.74 bits per heavy atom. The van der Waals surface area contributed by atoms with Crippen LogP contribution in [-0.2, 0) is 19.4 Å². The van der Waals surface area contributed by atoms with Gasteiger partial charge < -0.3 is 4.42 Å². The maximum atomic E-state index is 13.8. The smallest absolute Gasteiger partial charge is 0.280 e. The molecule has 2 aliphatic rings. The molecule has 0 saturated carbocycles. The number of hydrogen-bond acceptors (Lipinski definition) is 8. The summed E-state index contributed by atoms with van der Waals surface area (Å²) in [6.45, 7) is 0. The lowest BCUT2D eigenvalue weighted by Crippen LogP contribution is -2.49. The monoisotopic (exact) mass is 529 g/mol. The summed E-state index contributed by atoms with van der Waals surface area (Å²) >= 11 is 0. The SMILES string of the molecule is N#CC1=C(c2ccccc2)/C(=C\c2ccc(-c3ccccc3[N+](=O)[O-])o2)C(=O)N([C@@H]2CCS(=O)(=O)C2)C1=O. The Morgan fingerprint density at radius 1 is 1.03 bits per heavy atom. The minimum atomic E-state index is -3.43. The van der Waals surface area contributed by atoms with E-state index in [0.29, 0.717) is 5.56 Å². The van der Waals surface area contributed by atoms with Crippen LogP contribution in [0.1, 0.15) is 17.7 Å². The van der Waals surface area contributed by atoms with Gasteiger partial charge in [0.1, 0.15) is 23.2 Å². The Labute approximate surface area is 217 Å². The fourth-order valence-corrected chi connectivity index (χ4v) is 6.40. The molecule has 5 rings (SSSR count). The van der Waals surface area contributed by atoms with E-state index in [1.165, 1.54) is 36.4 Å². The molecule has 0 N–H and O–H groups in total. The number of para-hydroxylation sites is 1. The van der Waals surface area contributed by atoms with Gasteiger partial charge in [-0.15, -0.1) is 0 Å². The van der Waals surface area contributed by atoms with Crippen molar-refractivity contribution in [3.8, 4) is 17.4 Å². The van der Waals surface area contributed by atoms with Gasteiger partial charge in [0.05, 0.1) is 33.6 Å². The first kappa shape index (κ1) is 24.9. The lowest BCUT2D eigenvalue weighted by Gasteiger charge is -2.32. The van der Waals surface area contributed by atoms with Crippen molar-refractivity contribution in [2.24, 2.45) is 0 Å². The van der Waals surface area contributed by atoms with Crippen LogP contribution in [0.25, 0.3) is 23.0 Å². The number of nitro groups is 1. The first-order valence-electron chi connectivity index (χ1n) is 11.5. The summed E-state index contributed by atoms with van der Waals surface area (Å²) in [7, 11) is -3.43. The molecule has 0 bridgehead atoms. The molecule has 3 heterocycles. The van der Waals surface area contributed by atoms with Gasteiger partial charge in [0.25, 0.3) is 17.5 Å². The van der Waals surface area contributed by atoms with E-state index >= 15 is 0 Å². The van der Waals surface area contributed by atoms with Crippen molar-refractivity contribution in [1.82, 2.24) is 4.90 Å². The van der Waals surface area contributed by atoms with Crippen LogP contribution in [0.4, 0.5) is 5.69 Å². The van der Waals surface area contributed by atoms with Gasteiger partial charge in [0.15, 0.2) is 9.84 Å². The number of carbonyl (C=O) groups excluding carboxylic acids is 2. The summed E-state index contributed by atoms with van der Waals surface area (Å²) in [6.07, 6.45) is 1.44. The summed E-state index contributed by atoms with van der Waals surface area (Å²) in [5.74, 6) is -1.80. The Hall–Kier alpha value is -4.82. The van der Waals surface area contributed by atoms with E-state index < -0.39 is 32.6 Å². The third-order valence-corrected chi connectivity index (χ3v) is 8.18. The van der Waals surface area contributed by atoms with Crippen LogP contribution in [0.3, 0.4) is 0 Å². The van der Waals surface area contributed by atoms with Crippen LogP contribution in [0.5, 0.6) is 0 Å². The van der Waals surface area contributed by atoms with Crippen LogP contribution in [0.2, 0.25) is 0 Å². The number of rotatable bonds is 5. The van der Waals surface area contributed by atoms with E-state index in [1.54, 1.807) is 36.4 Å². The number of sulfone groups is 1. The first-order valence-corrected chi connectivity index (χ1v) is 13.4. The molecule has 10 nitrogen and oxygen atoms in total. The summed E-state index contributed by atoms with van der Waals surface area (Å²) in [4.78, 5) is 38.9. The molecule has 190 valence electrons. The third-order valence-electron chi connectivity index (χ3n) is 6.43. The molecular weight excluding hydrogens is 510 g/mol. The molecule has 3 aromatic rings. The van der Waals surface area contributed by atoms with Gasteiger partial charge in [0.2, 0.25) is 0 Å². The molecule has 0 aliphatic carbocycles. The quantitative estimate of drug-likeness (QED) is 0.210. The zero-order valence-electron chi connectivity index (χ0n) is 19.7. The van der Waals surface area contributed by atoms with Gasteiger partial charge in [0, 0.05) is 11.6 Å². The molecule has 2 aromatic carbocycles. The first-order chi connectivity index (χ1) is 18.2. The molecule has 1 atom stereocenters. The number of benzene rings is 2. The van der Waals surface area contributed by atoms with Crippen molar-refractivity contribution in [1.29, 1.82) is 5.26 Å². The van der Waals surface area contributed by atoms with Gasteiger partial charge in [-0.1, -0.05) is 42.5 Å². The number of carbonyl (C=O) groups is 2. The van der Waals surface area contributed by atoms with E-state index in [1.807, 2.05) is 6.07 Å². The number of hydrogen-bond donors (Lipinski definition) is 0. The molecule has 11 heteroatoms. The van der Waals surface area contributed by atoms with E-state index in [2.05, 4.69) is 0 Å². The summed E-state index contributed by atoms with van der Waals surface area (Å²) in [5, 5.41) is 21.4. The highest BCUT2D eigenvalue weighted by Crippen LogP contribution is 2.38. The van der Waals surface area contributed by atoms with E-state index in [0.717, 1.165) is 4.90 Å². The van der Waals surface area contributed by atoms with Gasteiger partial charge in [-0.3, -0.25) is 24.6 Å². The van der Waals surface area contributed by atoms with Crippen LogP contribution < -0.4 is 0 Å². The third kappa shape index (κ3) is 4.42. The van der Waals surface area contributed by atoms with Crippen LogP contribution >= 0.6 is 0 Å². The fourth-order valence-electron chi connectivity index (χ4n) is 4.70. The number of nitro benzene ring substituents is 1. The zero-order valence-corrected chi connectivity index (χ0v) is 20.6. The molecule has 2 aliphatic heterocycles. The summed E-state index contributed by atoms with van der Waals surface area (Å²) in [6, 6.07) is 18.5. The number of nitrogens with zero attached hydrogens (tertiary/aromatic N) is 3. The Balaban J connectivity index is 1.66. The maximum Gasteiger partial charge on any atom is 0.280 e. The van der Waals surface area contributed by atoms with Crippen molar-refractivity contribution in [2.45, 2.75) is 12.5 Å². The molecule has 1 fully saturated rings. The molecule has 0 radical (unpaired) electrons. The average molecular weight is 530 g/mol. The zero-order chi connectivity index (χ0) is 27.0. The highest BCUT2D eigenvalue weighted by atomic mass is 32.2. The van der Waals surface area contributed by atoms with Crippen LogP contribution in [-0.4, -0.2) is 47.6 Å². The lowest BCUT2D eigenvalue weighted by molar-refractivity contribution is -0.384. The van der Waals surface area contributed by atoms with E-state index in [4.69, 9.17) is 4.42 Å². The highest BCUT2D eigenvalue weighted by Gasteiger charge is 2.45. The van der Waals surface area contributed by atoms with Crippen molar-refractivity contribution in [2.75, 3.05) is 11.5 Å². The second-order valence-corrected chi connectivity index (χ2v) is 11.0. The Bertz CT molecular complexity index is 1700. The lowest BCUT2D eigenvalue weighted by atomic mass is 9.87. The minimum absolute atomic E-state index is 0.0277. The molecule has 2 amide bonds. The van der Waals surface area contributed by atoms with Crippen molar-refractivity contribution in [3.05, 3.63) is 99.3 Å². The van der Waals surface area contributed by atoms with Gasteiger partial charge in [-0.05, 0) is 36.3 Å². The standard InChI is InChI=1S/C27H19N3O7S/c28-15-22-25(17-6-2-1-3-7-17)21(26(31)29(27(22)32)18-12-13-38(35,36)16-18)14-19-10-11-24(37-19)20-8-4-5-9-23(20)30(33)34/h1-11,14,18H,12-13,16H2/b21-14+/t18-/m1/s1. The van der Waals surface area contributed by atoms with Gasteiger partial charge in [-0.25, -0.2) is 8.42 Å². The normalized spacial score (nSPS) is 20.1. The largest absolute Gasteiger partial charge is 0.456 e.